The molecule has 9 heteroatoms. The number of carbonyl (C=O) groups is 2. The van der Waals surface area contributed by atoms with Crippen molar-refractivity contribution < 1.29 is 14.0 Å². The molecule has 2 amide bonds. The summed E-state index contributed by atoms with van der Waals surface area (Å²) >= 11 is 4.54. The van der Waals surface area contributed by atoms with Crippen LogP contribution in [-0.4, -0.2) is 40.1 Å². The lowest BCUT2D eigenvalue weighted by Gasteiger charge is -2.28. The van der Waals surface area contributed by atoms with Crippen molar-refractivity contribution in [3.05, 3.63) is 53.8 Å². The Morgan fingerprint density at radius 1 is 1.34 bits per heavy atom. The van der Waals surface area contributed by atoms with Crippen LogP contribution < -0.4 is 10.6 Å². The summed E-state index contributed by atoms with van der Waals surface area (Å²) < 4.78 is 15.8. The molecule has 2 heterocycles. The lowest BCUT2D eigenvalue weighted by atomic mass is 10.1. The van der Waals surface area contributed by atoms with E-state index in [0.717, 1.165) is 14.6 Å². The molecule has 1 fully saturated rings. The number of aromatic nitrogens is 1. The third kappa shape index (κ3) is 4.57. The van der Waals surface area contributed by atoms with Gasteiger partial charge in [-0.05, 0) is 42.5 Å². The second-order valence-electron chi connectivity index (χ2n) is 6.53. The number of carbonyl (C=O) groups excluding carboxylic acids is 2. The number of fused-ring (bicyclic) bond motifs is 1. The highest BCUT2D eigenvalue weighted by molar-refractivity contribution is 8.00. The van der Waals surface area contributed by atoms with Crippen LogP contribution in [0.15, 0.2) is 46.8 Å². The number of amides is 2. The van der Waals surface area contributed by atoms with Gasteiger partial charge in [0.2, 0.25) is 11.8 Å². The molecule has 3 aromatic rings. The van der Waals surface area contributed by atoms with Crippen LogP contribution >= 0.6 is 34.9 Å². The van der Waals surface area contributed by atoms with Crippen molar-refractivity contribution in [3.8, 4) is 0 Å². The molecule has 1 aliphatic heterocycles. The Balaban J connectivity index is 1.38. The topological polar surface area (TPSA) is 71.1 Å². The van der Waals surface area contributed by atoms with Gasteiger partial charge >= 0.3 is 0 Å². The van der Waals surface area contributed by atoms with Gasteiger partial charge in [0.1, 0.15) is 11.9 Å². The van der Waals surface area contributed by atoms with Crippen molar-refractivity contribution in [2.45, 2.75) is 22.1 Å². The van der Waals surface area contributed by atoms with Gasteiger partial charge in [-0.15, -0.1) is 23.1 Å². The van der Waals surface area contributed by atoms with Crippen molar-refractivity contribution in [2.24, 2.45) is 0 Å². The lowest BCUT2D eigenvalue weighted by Crippen LogP contribution is -2.52. The molecule has 0 saturated carbocycles. The van der Waals surface area contributed by atoms with E-state index in [1.54, 1.807) is 41.3 Å². The summed E-state index contributed by atoms with van der Waals surface area (Å²) in [6, 6.07) is 11.4. The number of halogens is 1. The van der Waals surface area contributed by atoms with Gasteiger partial charge < -0.3 is 10.6 Å². The lowest BCUT2D eigenvalue weighted by molar-refractivity contribution is -0.126. The zero-order valence-electron chi connectivity index (χ0n) is 15.5. The fraction of sp³-hybridized carbons (Fsp3) is 0.250. The first-order valence-electron chi connectivity index (χ1n) is 8.94. The molecule has 1 aliphatic rings. The Kier molecular flexibility index (Phi) is 6.07. The Labute approximate surface area is 179 Å². The van der Waals surface area contributed by atoms with Crippen molar-refractivity contribution in [3.63, 3.8) is 0 Å². The fourth-order valence-corrected chi connectivity index (χ4v) is 5.75. The quantitative estimate of drug-likeness (QED) is 0.580. The van der Waals surface area contributed by atoms with E-state index >= 15 is 0 Å². The number of nitrogens with zero attached hydrogens (tertiary/aromatic N) is 1. The fourth-order valence-electron chi connectivity index (χ4n) is 3.05. The van der Waals surface area contributed by atoms with Gasteiger partial charge in [0.25, 0.3) is 0 Å². The summed E-state index contributed by atoms with van der Waals surface area (Å²) in [4.78, 5) is 29.5. The highest BCUT2D eigenvalue weighted by Crippen LogP contribution is 2.30. The van der Waals surface area contributed by atoms with Gasteiger partial charge in [0.15, 0.2) is 4.34 Å². The van der Waals surface area contributed by atoms with E-state index in [1.807, 2.05) is 24.5 Å². The molecular weight excluding hydrogens is 429 g/mol. The second kappa shape index (κ2) is 8.73. The third-order valence-corrected chi connectivity index (χ3v) is 7.88. The van der Waals surface area contributed by atoms with Crippen LogP contribution in [-0.2, 0) is 16.0 Å². The first kappa shape index (κ1) is 20.2. The number of rotatable bonds is 5. The molecule has 1 saturated heterocycles. The molecule has 2 aromatic carbocycles. The van der Waals surface area contributed by atoms with Gasteiger partial charge in [0, 0.05) is 11.4 Å². The number of hydrogen-bond acceptors (Lipinski definition) is 6. The van der Waals surface area contributed by atoms with E-state index in [9.17, 15) is 14.0 Å². The average Bonchev–Trinajstić information content (AvgIpc) is 3.13. The predicted octanol–water partition coefficient (Wildman–Crippen LogP) is 3.94. The molecule has 0 unspecified atom stereocenters. The Bertz CT molecular complexity index is 1070. The molecule has 4 rings (SSSR count). The maximum Gasteiger partial charge on any atom is 0.247 e. The first-order valence-corrected chi connectivity index (χ1v) is 12.0. The molecule has 5 nitrogen and oxygen atoms in total. The van der Waals surface area contributed by atoms with E-state index in [0.29, 0.717) is 23.4 Å². The molecule has 0 radical (unpaired) electrons. The van der Waals surface area contributed by atoms with Crippen molar-refractivity contribution in [1.82, 2.24) is 10.3 Å². The van der Waals surface area contributed by atoms with E-state index in [4.69, 9.17) is 0 Å². The van der Waals surface area contributed by atoms with Crippen LogP contribution in [0, 0.1) is 5.82 Å². The van der Waals surface area contributed by atoms with Crippen LogP contribution in [0.1, 0.15) is 5.56 Å². The highest BCUT2D eigenvalue weighted by Gasteiger charge is 2.32. The second-order valence-corrected chi connectivity index (χ2v) is 9.85. The maximum absolute atomic E-state index is 13.8. The Morgan fingerprint density at radius 2 is 2.17 bits per heavy atom. The molecule has 2 N–H and O–H groups in total. The average molecular weight is 448 g/mol. The summed E-state index contributed by atoms with van der Waals surface area (Å²) in [7, 11) is 0. The normalized spacial score (nSPS) is 19.2. The number of thiazole rings is 1. The maximum atomic E-state index is 13.8. The Morgan fingerprint density at radius 3 is 2.93 bits per heavy atom. The van der Waals surface area contributed by atoms with Gasteiger partial charge in [-0.3, -0.25) is 9.59 Å². The molecule has 1 aromatic heterocycles. The molecule has 150 valence electrons. The summed E-state index contributed by atoms with van der Waals surface area (Å²) in [5.41, 5.74) is 2.08. The van der Waals surface area contributed by atoms with E-state index in [-0.39, 0.29) is 17.6 Å². The van der Waals surface area contributed by atoms with Crippen LogP contribution in [0.2, 0.25) is 0 Å². The number of hydrogen-bond donors (Lipinski definition) is 2. The standard InChI is InChI=1S/C20H18FN3O2S3/c1-27-20-24-14-7-6-12(9-16(14)29-20)22-18(25)15-10-28-17(19(26)23-15)8-11-4-2-3-5-13(11)21/h2-7,9,15,17H,8,10H2,1H3,(H,22,25)(H,23,26)/t15-,17+/m0/s1. The molecule has 2 atom stereocenters. The molecule has 0 aliphatic carbocycles. The largest absolute Gasteiger partial charge is 0.343 e. The number of thioether (sulfide) groups is 2. The van der Waals surface area contributed by atoms with E-state index < -0.39 is 11.3 Å². The molecule has 29 heavy (non-hydrogen) atoms. The summed E-state index contributed by atoms with van der Waals surface area (Å²) in [6.07, 6.45) is 2.28. The van der Waals surface area contributed by atoms with Gasteiger partial charge in [0.05, 0.1) is 15.5 Å². The minimum atomic E-state index is -0.622. The SMILES string of the molecule is CSc1nc2ccc(NC(=O)[C@@H]3CS[C@H](Cc4ccccc4F)C(=O)N3)cc2s1. The zero-order valence-corrected chi connectivity index (χ0v) is 17.9. The van der Waals surface area contributed by atoms with E-state index in [2.05, 4.69) is 15.6 Å². The zero-order chi connectivity index (χ0) is 20.4. The van der Waals surface area contributed by atoms with Crippen molar-refractivity contribution in [1.29, 1.82) is 0 Å². The molecule has 0 bridgehead atoms. The summed E-state index contributed by atoms with van der Waals surface area (Å²) in [5, 5.41) is 5.23. The predicted molar refractivity (Wildman–Crippen MR) is 118 cm³/mol. The smallest absolute Gasteiger partial charge is 0.247 e. The molecule has 0 spiro atoms. The van der Waals surface area contributed by atoms with Gasteiger partial charge in [-0.1, -0.05) is 30.0 Å². The van der Waals surface area contributed by atoms with Crippen LogP contribution in [0.25, 0.3) is 10.2 Å². The molecular formula is C20H18FN3O2S3. The van der Waals surface area contributed by atoms with Gasteiger partial charge in [-0.25, -0.2) is 9.37 Å². The minimum absolute atomic E-state index is 0.243. The van der Waals surface area contributed by atoms with Gasteiger partial charge in [-0.2, -0.15) is 0 Å². The monoisotopic (exact) mass is 447 g/mol. The summed E-state index contributed by atoms with van der Waals surface area (Å²) in [5.74, 6) is -0.379. The van der Waals surface area contributed by atoms with E-state index in [1.165, 1.54) is 17.8 Å². The Hall–Kier alpha value is -2.10. The van der Waals surface area contributed by atoms with Crippen LogP contribution in [0.3, 0.4) is 0 Å². The number of benzene rings is 2. The van der Waals surface area contributed by atoms with Crippen molar-refractivity contribution >= 4 is 62.6 Å². The number of anilines is 1. The van der Waals surface area contributed by atoms with Crippen LogP contribution in [0.5, 0.6) is 0 Å². The van der Waals surface area contributed by atoms with Crippen molar-refractivity contribution in [2.75, 3.05) is 17.3 Å². The van der Waals surface area contributed by atoms with Crippen LogP contribution in [0.4, 0.5) is 10.1 Å². The highest BCUT2D eigenvalue weighted by atomic mass is 32.2. The minimum Gasteiger partial charge on any atom is -0.343 e. The number of nitrogens with one attached hydrogen (secondary N) is 2. The first-order chi connectivity index (χ1) is 14.0. The third-order valence-electron chi connectivity index (χ3n) is 4.56. The summed E-state index contributed by atoms with van der Waals surface area (Å²) in [6.45, 7) is 0.